The molecule has 4 bridgehead atoms. The molecule has 4 aliphatic carbocycles. The monoisotopic (exact) mass is 474 g/mol. The molecule has 0 heterocycles. The van der Waals surface area contributed by atoms with E-state index < -0.39 is 5.97 Å². The smallest absolute Gasteiger partial charge is 0.335 e. The summed E-state index contributed by atoms with van der Waals surface area (Å²) in [5, 5.41) is 18.1. The second-order valence-corrected chi connectivity index (χ2v) is 11.2. The van der Waals surface area contributed by atoms with Crippen LogP contribution in [0.2, 0.25) is 0 Å². The molecule has 0 aliphatic heterocycles. The van der Waals surface area contributed by atoms with Crippen LogP contribution in [0.15, 0.2) is 42.5 Å². The molecule has 35 heavy (non-hydrogen) atoms. The molecule has 0 radical (unpaired) electrons. The molecule has 0 spiro atoms. The zero-order chi connectivity index (χ0) is 24.3. The summed E-state index contributed by atoms with van der Waals surface area (Å²) in [5.74, 6) is 2.82. The van der Waals surface area contributed by atoms with E-state index in [1.807, 2.05) is 18.2 Å². The Labute approximate surface area is 209 Å². The van der Waals surface area contributed by atoms with Crippen LogP contribution in [0.5, 0.6) is 5.75 Å². The minimum Gasteiger partial charge on any atom is -0.493 e. The number of unbranched alkanes of at least 4 members (excludes halogenated alkanes) is 3. The molecule has 4 nitrogen and oxygen atoms in total. The first-order chi connectivity index (χ1) is 17.0. The predicted octanol–water partition coefficient (Wildman–Crippen LogP) is 6.95. The Balaban J connectivity index is 1.36. The number of rotatable bonds is 11. The summed E-state index contributed by atoms with van der Waals surface area (Å²) < 4.78 is 6.48. The fourth-order valence-electron chi connectivity index (χ4n) is 7.32. The molecule has 0 saturated heterocycles. The Morgan fingerprint density at radius 1 is 0.857 bits per heavy atom. The molecule has 4 fully saturated rings. The Morgan fingerprint density at radius 2 is 1.46 bits per heavy atom. The second-order valence-electron chi connectivity index (χ2n) is 11.2. The number of benzene rings is 2. The van der Waals surface area contributed by atoms with Crippen molar-refractivity contribution in [2.24, 2.45) is 17.8 Å². The van der Waals surface area contributed by atoms with Gasteiger partial charge in [0.05, 0.1) is 12.2 Å². The van der Waals surface area contributed by atoms with Crippen molar-refractivity contribution in [1.82, 2.24) is 0 Å². The summed E-state index contributed by atoms with van der Waals surface area (Å²) in [6.45, 7) is 0.985. The second kappa shape index (κ2) is 10.6. The van der Waals surface area contributed by atoms with Crippen molar-refractivity contribution in [1.29, 1.82) is 0 Å². The van der Waals surface area contributed by atoms with Gasteiger partial charge in [0.15, 0.2) is 0 Å². The minimum atomic E-state index is -0.904. The molecule has 0 amide bonds. The topological polar surface area (TPSA) is 66.8 Å². The molecule has 6 rings (SSSR count). The summed E-state index contributed by atoms with van der Waals surface area (Å²) in [6, 6.07) is 13.7. The van der Waals surface area contributed by atoms with Gasteiger partial charge in [-0.15, -0.1) is 0 Å². The molecule has 4 heteroatoms. The van der Waals surface area contributed by atoms with Crippen molar-refractivity contribution >= 4 is 18.1 Å². The van der Waals surface area contributed by atoms with Crippen LogP contribution in [0.3, 0.4) is 0 Å². The SMILES string of the molecule is O=C(O)c1ccc(C=Cc2ccc(C34CC5CC(CC(C5)C3)C4)c(OCCCCCCO)c2)cc1. The van der Waals surface area contributed by atoms with E-state index in [1.165, 1.54) is 44.1 Å². The summed E-state index contributed by atoms with van der Waals surface area (Å²) in [4.78, 5) is 11.1. The van der Waals surface area contributed by atoms with E-state index in [0.717, 1.165) is 60.3 Å². The van der Waals surface area contributed by atoms with Crippen LogP contribution in [-0.4, -0.2) is 29.4 Å². The number of aromatic carboxylic acids is 1. The molecule has 2 N–H and O–H groups in total. The van der Waals surface area contributed by atoms with E-state index in [1.54, 1.807) is 12.1 Å². The highest BCUT2D eigenvalue weighted by Crippen LogP contribution is 2.61. The minimum absolute atomic E-state index is 0.268. The number of ether oxygens (including phenoxy) is 1. The van der Waals surface area contributed by atoms with Gasteiger partial charge in [0.25, 0.3) is 0 Å². The number of carboxylic acid groups (broad SMARTS) is 1. The fraction of sp³-hybridized carbons (Fsp3) is 0.516. The maximum Gasteiger partial charge on any atom is 0.335 e. The van der Waals surface area contributed by atoms with Crippen molar-refractivity contribution in [3.05, 3.63) is 64.7 Å². The van der Waals surface area contributed by atoms with Crippen molar-refractivity contribution in [3.8, 4) is 5.75 Å². The Bertz CT molecular complexity index is 1020. The van der Waals surface area contributed by atoms with Crippen molar-refractivity contribution in [3.63, 3.8) is 0 Å². The van der Waals surface area contributed by atoms with Gasteiger partial charge >= 0.3 is 5.97 Å². The normalized spacial score (nSPS) is 26.9. The molecule has 0 aromatic heterocycles. The summed E-state index contributed by atoms with van der Waals surface area (Å²) in [6.07, 6.45) is 16.4. The number of carboxylic acids is 1. The molecule has 0 unspecified atom stereocenters. The molecule has 2 aromatic carbocycles. The molecule has 0 atom stereocenters. The van der Waals surface area contributed by atoms with Crippen LogP contribution < -0.4 is 4.74 Å². The van der Waals surface area contributed by atoms with Gasteiger partial charge in [0.2, 0.25) is 0 Å². The lowest BCUT2D eigenvalue weighted by molar-refractivity contribution is -0.00640. The maximum atomic E-state index is 11.1. The predicted molar refractivity (Wildman–Crippen MR) is 140 cm³/mol. The van der Waals surface area contributed by atoms with Gasteiger partial charge in [-0.25, -0.2) is 4.79 Å². The van der Waals surface area contributed by atoms with Crippen LogP contribution in [-0.2, 0) is 5.41 Å². The van der Waals surface area contributed by atoms with Crippen molar-refractivity contribution in [2.45, 2.75) is 69.6 Å². The zero-order valence-electron chi connectivity index (χ0n) is 20.6. The van der Waals surface area contributed by atoms with Crippen molar-refractivity contribution < 1.29 is 19.7 Å². The summed E-state index contributed by atoms with van der Waals surface area (Å²) >= 11 is 0. The van der Waals surface area contributed by atoms with Crippen LogP contribution >= 0.6 is 0 Å². The third-order valence-electron chi connectivity index (χ3n) is 8.55. The number of aliphatic hydroxyl groups is 1. The molecule has 4 saturated carbocycles. The van der Waals surface area contributed by atoms with Crippen LogP contribution in [0, 0.1) is 17.8 Å². The maximum absolute atomic E-state index is 11.1. The van der Waals surface area contributed by atoms with E-state index >= 15 is 0 Å². The van der Waals surface area contributed by atoms with Gasteiger partial charge in [0.1, 0.15) is 5.75 Å². The van der Waals surface area contributed by atoms with Gasteiger partial charge in [-0.1, -0.05) is 42.8 Å². The van der Waals surface area contributed by atoms with Gasteiger partial charge in [0, 0.05) is 12.2 Å². The zero-order valence-corrected chi connectivity index (χ0v) is 20.6. The first-order valence-corrected chi connectivity index (χ1v) is 13.4. The highest BCUT2D eigenvalue weighted by molar-refractivity contribution is 5.88. The van der Waals surface area contributed by atoms with Crippen LogP contribution in [0.1, 0.15) is 91.3 Å². The standard InChI is InChI=1S/C31H38O4/c32-13-3-1-2-4-14-35-29-18-23(6-5-22-7-10-27(11-8-22)30(33)34)9-12-28(29)31-19-24-15-25(20-31)17-26(16-24)21-31/h5-12,18,24-26,32H,1-4,13-17,19-21H2,(H,33,34). The first kappa shape index (κ1) is 24.1. The largest absolute Gasteiger partial charge is 0.493 e. The van der Waals surface area contributed by atoms with E-state index in [-0.39, 0.29) is 12.0 Å². The van der Waals surface area contributed by atoms with E-state index in [2.05, 4.69) is 24.3 Å². The van der Waals surface area contributed by atoms with Crippen LogP contribution in [0.25, 0.3) is 12.2 Å². The molecular weight excluding hydrogens is 436 g/mol. The molecule has 2 aromatic rings. The Hall–Kier alpha value is -2.59. The number of hydrogen-bond acceptors (Lipinski definition) is 3. The average molecular weight is 475 g/mol. The number of hydrogen-bond donors (Lipinski definition) is 2. The van der Waals surface area contributed by atoms with Gasteiger partial charge in [-0.05, 0) is 110 Å². The third kappa shape index (κ3) is 5.48. The third-order valence-corrected chi connectivity index (χ3v) is 8.55. The van der Waals surface area contributed by atoms with Crippen molar-refractivity contribution in [2.75, 3.05) is 13.2 Å². The lowest BCUT2D eigenvalue weighted by Crippen LogP contribution is -2.48. The quantitative estimate of drug-likeness (QED) is 0.273. The Kier molecular flexibility index (Phi) is 7.29. The fourth-order valence-corrected chi connectivity index (χ4v) is 7.32. The lowest BCUT2D eigenvalue weighted by atomic mass is 9.48. The summed E-state index contributed by atoms with van der Waals surface area (Å²) in [5.41, 5.74) is 4.10. The van der Waals surface area contributed by atoms with Gasteiger partial charge < -0.3 is 14.9 Å². The average Bonchev–Trinajstić information content (AvgIpc) is 2.84. The summed E-state index contributed by atoms with van der Waals surface area (Å²) in [7, 11) is 0. The first-order valence-electron chi connectivity index (χ1n) is 13.4. The lowest BCUT2D eigenvalue weighted by Gasteiger charge is -2.57. The molecule has 4 aliphatic rings. The molecule has 186 valence electrons. The van der Waals surface area contributed by atoms with E-state index in [4.69, 9.17) is 14.9 Å². The van der Waals surface area contributed by atoms with Crippen LogP contribution in [0.4, 0.5) is 0 Å². The number of aliphatic hydroxyl groups excluding tert-OH is 1. The van der Waals surface area contributed by atoms with E-state index in [9.17, 15) is 4.79 Å². The van der Waals surface area contributed by atoms with Gasteiger partial charge in [-0.2, -0.15) is 0 Å². The highest BCUT2D eigenvalue weighted by Gasteiger charge is 2.52. The van der Waals surface area contributed by atoms with Gasteiger partial charge in [-0.3, -0.25) is 0 Å². The molecular formula is C31H38O4. The van der Waals surface area contributed by atoms with E-state index in [0.29, 0.717) is 12.2 Å². The number of carbonyl (C=O) groups is 1. The highest BCUT2D eigenvalue weighted by atomic mass is 16.5. The Morgan fingerprint density at radius 3 is 2.09 bits per heavy atom.